The summed E-state index contributed by atoms with van der Waals surface area (Å²) in [4.78, 5) is 11.2. The highest BCUT2D eigenvalue weighted by Gasteiger charge is 2.24. The molecule has 0 radical (unpaired) electrons. The van der Waals surface area contributed by atoms with E-state index in [9.17, 15) is 0 Å². The van der Waals surface area contributed by atoms with Crippen molar-refractivity contribution in [3.8, 4) is 0 Å². The Morgan fingerprint density at radius 1 is 1.50 bits per heavy atom. The minimum atomic E-state index is 0.526. The SMILES string of the molecule is CCc1csc([C@H]2CCCN(c3ccncc3Cl)C2)n1. The lowest BCUT2D eigenvalue weighted by molar-refractivity contribution is 0.508. The molecule has 3 rings (SSSR count). The number of rotatable bonds is 3. The molecule has 20 heavy (non-hydrogen) atoms. The molecule has 2 aromatic heterocycles. The summed E-state index contributed by atoms with van der Waals surface area (Å²) in [7, 11) is 0. The fourth-order valence-corrected chi connectivity index (χ4v) is 3.96. The van der Waals surface area contributed by atoms with Crippen LogP contribution in [-0.2, 0) is 6.42 Å². The Kier molecular flexibility index (Phi) is 4.22. The predicted octanol–water partition coefficient (Wildman–Crippen LogP) is 4.14. The molecule has 0 aromatic carbocycles. The summed E-state index contributed by atoms with van der Waals surface area (Å²) in [5.41, 5.74) is 2.31. The number of hydrogen-bond donors (Lipinski definition) is 0. The van der Waals surface area contributed by atoms with Gasteiger partial charge in [0, 0.05) is 36.8 Å². The summed E-state index contributed by atoms with van der Waals surface area (Å²) in [5.74, 6) is 0.526. The lowest BCUT2D eigenvalue weighted by atomic mass is 9.98. The third-order valence-corrected chi connectivity index (χ3v) is 5.14. The van der Waals surface area contributed by atoms with Gasteiger partial charge in [-0.15, -0.1) is 11.3 Å². The first-order valence-electron chi connectivity index (χ1n) is 7.06. The molecule has 3 heterocycles. The monoisotopic (exact) mass is 307 g/mol. The molecule has 2 aromatic rings. The second-order valence-electron chi connectivity index (χ2n) is 5.14. The molecule has 1 fully saturated rings. The molecule has 0 saturated carbocycles. The Labute approximate surface area is 128 Å². The number of thiazole rings is 1. The van der Waals surface area contributed by atoms with Gasteiger partial charge in [-0.1, -0.05) is 18.5 Å². The maximum Gasteiger partial charge on any atom is 0.0976 e. The second kappa shape index (κ2) is 6.10. The van der Waals surface area contributed by atoms with Gasteiger partial charge in [0.15, 0.2) is 0 Å². The first-order valence-corrected chi connectivity index (χ1v) is 8.32. The van der Waals surface area contributed by atoms with Gasteiger partial charge in [-0.3, -0.25) is 4.98 Å². The molecule has 0 bridgehead atoms. The maximum atomic E-state index is 6.26. The molecule has 1 aliphatic rings. The number of hydrogen-bond acceptors (Lipinski definition) is 4. The van der Waals surface area contributed by atoms with Crippen LogP contribution in [0.25, 0.3) is 0 Å². The van der Waals surface area contributed by atoms with Crippen LogP contribution >= 0.6 is 22.9 Å². The van der Waals surface area contributed by atoms with Crippen LogP contribution in [0.2, 0.25) is 5.02 Å². The topological polar surface area (TPSA) is 29.0 Å². The molecule has 106 valence electrons. The lowest BCUT2D eigenvalue weighted by Gasteiger charge is -2.34. The number of halogens is 1. The lowest BCUT2D eigenvalue weighted by Crippen LogP contribution is -2.34. The molecule has 3 nitrogen and oxygen atoms in total. The average molecular weight is 308 g/mol. The standard InChI is InChI=1S/C15H18ClN3S/c1-2-12-10-20-15(18-12)11-4-3-7-19(9-11)14-5-6-17-8-13(14)16/h5-6,8,10-11H,2-4,7,9H2,1H3/t11-/m0/s1. The van der Waals surface area contributed by atoms with Crippen molar-refractivity contribution in [1.82, 2.24) is 9.97 Å². The fraction of sp³-hybridized carbons (Fsp3) is 0.467. The highest BCUT2D eigenvalue weighted by atomic mass is 35.5. The minimum absolute atomic E-state index is 0.526. The van der Waals surface area contributed by atoms with E-state index in [-0.39, 0.29) is 0 Å². The van der Waals surface area contributed by atoms with E-state index in [1.165, 1.54) is 23.5 Å². The molecule has 0 spiro atoms. The summed E-state index contributed by atoms with van der Waals surface area (Å²) in [6.45, 7) is 4.22. The molecule has 1 aliphatic heterocycles. The van der Waals surface area contributed by atoms with Gasteiger partial charge in [0.1, 0.15) is 0 Å². The Morgan fingerprint density at radius 2 is 2.40 bits per heavy atom. The van der Waals surface area contributed by atoms with E-state index in [1.807, 2.05) is 12.3 Å². The highest BCUT2D eigenvalue weighted by molar-refractivity contribution is 7.09. The normalized spacial score (nSPS) is 19.3. The van der Waals surface area contributed by atoms with Crippen LogP contribution in [0.5, 0.6) is 0 Å². The zero-order chi connectivity index (χ0) is 13.9. The average Bonchev–Trinajstić information content (AvgIpc) is 2.97. The number of aryl methyl sites for hydroxylation is 1. The van der Waals surface area contributed by atoms with Crippen LogP contribution in [0, 0.1) is 0 Å². The van der Waals surface area contributed by atoms with Crippen molar-refractivity contribution in [2.24, 2.45) is 0 Å². The van der Waals surface area contributed by atoms with Crippen molar-refractivity contribution >= 4 is 28.6 Å². The molecule has 0 aliphatic carbocycles. The third kappa shape index (κ3) is 2.81. The van der Waals surface area contributed by atoms with Crippen LogP contribution < -0.4 is 4.90 Å². The number of nitrogens with zero attached hydrogens (tertiary/aromatic N) is 3. The summed E-state index contributed by atoms with van der Waals surface area (Å²) in [5, 5.41) is 4.20. The van der Waals surface area contributed by atoms with Gasteiger partial charge in [-0.05, 0) is 25.3 Å². The Hall–Kier alpha value is -1.13. The zero-order valence-corrected chi connectivity index (χ0v) is 13.1. The molecule has 0 N–H and O–H groups in total. The molecular weight excluding hydrogens is 290 g/mol. The van der Waals surface area contributed by atoms with Gasteiger partial charge in [-0.25, -0.2) is 4.98 Å². The smallest absolute Gasteiger partial charge is 0.0976 e. The molecular formula is C15H18ClN3S. The van der Waals surface area contributed by atoms with Crippen molar-refractivity contribution in [1.29, 1.82) is 0 Å². The summed E-state index contributed by atoms with van der Waals surface area (Å²) < 4.78 is 0. The summed E-state index contributed by atoms with van der Waals surface area (Å²) >= 11 is 8.06. The van der Waals surface area contributed by atoms with E-state index in [0.29, 0.717) is 5.92 Å². The minimum Gasteiger partial charge on any atom is -0.370 e. The molecule has 1 atom stereocenters. The van der Waals surface area contributed by atoms with Gasteiger partial charge in [-0.2, -0.15) is 0 Å². The maximum absolute atomic E-state index is 6.26. The van der Waals surface area contributed by atoms with E-state index in [4.69, 9.17) is 16.6 Å². The van der Waals surface area contributed by atoms with Crippen LogP contribution in [0.4, 0.5) is 5.69 Å². The van der Waals surface area contributed by atoms with E-state index < -0.39 is 0 Å². The van der Waals surface area contributed by atoms with E-state index in [2.05, 4.69) is 22.2 Å². The highest BCUT2D eigenvalue weighted by Crippen LogP contribution is 2.34. The third-order valence-electron chi connectivity index (χ3n) is 3.79. The summed E-state index contributed by atoms with van der Waals surface area (Å²) in [6, 6.07) is 2.00. The number of aromatic nitrogens is 2. The number of piperidine rings is 1. The van der Waals surface area contributed by atoms with Crippen molar-refractivity contribution in [2.45, 2.75) is 32.1 Å². The number of pyridine rings is 1. The van der Waals surface area contributed by atoms with E-state index in [0.717, 1.165) is 30.2 Å². The largest absolute Gasteiger partial charge is 0.370 e. The first kappa shape index (κ1) is 13.8. The van der Waals surface area contributed by atoms with E-state index >= 15 is 0 Å². The van der Waals surface area contributed by atoms with Gasteiger partial charge < -0.3 is 4.90 Å². The van der Waals surface area contributed by atoms with Crippen LogP contribution in [0.1, 0.15) is 36.4 Å². The van der Waals surface area contributed by atoms with Crippen molar-refractivity contribution in [3.63, 3.8) is 0 Å². The molecule has 1 saturated heterocycles. The fourth-order valence-electron chi connectivity index (χ4n) is 2.69. The second-order valence-corrected chi connectivity index (χ2v) is 6.44. The molecule has 0 amide bonds. The van der Waals surface area contributed by atoms with Crippen molar-refractivity contribution in [2.75, 3.05) is 18.0 Å². The van der Waals surface area contributed by atoms with Gasteiger partial charge in [0.25, 0.3) is 0 Å². The Morgan fingerprint density at radius 3 is 3.15 bits per heavy atom. The van der Waals surface area contributed by atoms with Crippen molar-refractivity contribution < 1.29 is 0 Å². The van der Waals surface area contributed by atoms with Crippen molar-refractivity contribution in [3.05, 3.63) is 39.6 Å². The number of anilines is 1. The quantitative estimate of drug-likeness (QED) is 0.853. The Bertz CT molecular complexity index is 584. The van der Waals surface area contributed by atoms with Gasteiger partial charge in [0.2, 0.25) is 0 Å². The predicted molar refractivity (Wildman–Crippen MR) is 84.9 cm³/mol. The molecule has 5 heteroatoms. The zero-order valence-electron chi connectivity index (χ0n) is 11.6. The Balaban J connectivity index is 1.78. The molecule has 0 unspecified atom stereocenters. The van der Waals surface area contributed by atoms with Crippen LogP contribution in [-0.4, -0.2) is 23.1 Å². The van der Waals surface area contributed by atoms with Gasteiger partial charge in [0.05, 0.1) is 21.4 Å². The summed E-state index contributed by atoms with van der Waals surface area (Å²) in [6.07, 6.45) is 6.95. The first-order chi connectivity index (χ1) is 9.78. The van der Waals surface area contributed by atoms with Crippen LogP contribution in [0.3, 0.4) is 0 Å². The van der Waals surface area contributed by atoms with Gasteiger partial charge >= 0.3 is 0 Å². The van der Waals surface area contributed by atoms with Crippen LogP contribution in [0.15, 0.2) is 23.8 Å². The van der Waals surface area contributed by atoms with E-state index in [1.54, 1.807) is 17.5 Å².